The summed E-state index contributed by atoms with van der Waals surface area (Å²) in [6.45, 7) is 0.468. The third kappa shape index (κ3) is 3.25. The fraction of sp³-hybridized carbons (Fsp3) is 0.188. The molecule has 2 aromatic carbocycles. The van der Waals surface area contributed by atoms with Crippen LogP contribution in [-0.4, -0.2) is 18.7 Å². The first-order valence-corrected chi connectivity index (χ1v) is 6.85. The van der Waals surface area contributed by atoms with Gasteiger partial charge in [0, 0.05) is 17.8 Å². The lowest BCUT2D eigenvalue weighted by atomic mass is 10.1. The molecule has 1 aliphatic rings. The maximum Gasteiger partial charge on any atom is 0.319 e. The van der Waals surface area contributed by atoms with Crippen LogP contribution in [0.5, 0.6) is 5.75 Å². The first-order valence-electron chi connectivity index (χ1n) is 6.85. The van der Waals surface area contributed by atoms with Gasteiger partial charge in [0.25, 0.3) is 0 Å². The fourth-order valence-corrected chi connectivity index (χ4v) is 2.32. The Balaban J connectivity index is 1.48. The van der Waals surface area contributed by atoms with Crippen LogP contribution >= 0.6 is 0 Å². The normalized spacial score (nSPS) is 15.9. The molecule has 1 atom stereocenters. The van der Waals surface area contributed by atoms with Gasteiger partial charge in [0.2, 0.25) is 0 Å². The summed E-state index contributed by atoms with van der Waals surface area (Å²) in [6, 6.07) is 14.7. The second kappa shape index (κ2) is 5.75. The molecule has 0 fully saturated rings. The van der Waals surface area contributed by atoms with Crippen LogP contribution in [-0.2, 0) is 6.42 Å². The molecule has 0 saturated heterocycles. The van der Waals surface area contributed by atoms with Gasteiger partial charge in [-0.1, -0.05) is 18.2 Å². The van der Waals surface area contributed by atoms with Crippen LogP contribution in [0.25, 0.3) is 0 Å². The van der Waals surface area contributed by atoms with Crippen LogP contribution in [0.2, 0.25) is 0 Å². The molecule has 0 aliphatic carbocycles. The van der Waals surface area contributed by atoms with E-state index in [0.717, 1.165) is 12.2 Å². The van der Waals surface area contributed by atoms with Gasteiger partial charge in [-0.15, -0.1) is 0 Å². The lowest BCUT2D eigenvalue weighted by molar-refractivity contribution is 0.219. The van der Waals surface area contributed by atoms with Crippen molar-refractivity contribution < 1.29 is 9.53 Å². The van der Waals surface area contributed by atoms with Crippen molar-refractivity contribution in [2.75, 3.05) is 17.6 Å². The average Bonchev–Trinajstić information content (AvgIpc) is 2.90. The maximum absolute atomic E-state index is 11.8. The van der Waals surface area contributed by atoms with Crippen molar-refractivity contribution in [3.63, 3.8) is 0 Å². The smallest absolute Gasteiger partial charge is 0.319 e. The zero-order valence-electron chi connectivity index (χ0n) is 11.5. The van der Waals surface area contributed by atoms with Crippen molar-refractivity contribution in [1.29, 1.82) is 0 Å². The Morgan fingerprint density at radius 2 is 1.95 bits per heavy atom. The first-order chi connectivity index (χ1) is 10.2. The molecule has 4 N–H and O–H groups in total. The summed E-state index contributed by atoms with van der Waals surface area (Å²) in [4.78, 5) is 11.8. The van der Waals surface area contributed by atoms with E-state index in [0.29, 0.717) is 17.9 Å². The second-order valence-electron chi connectivity index (χ2n) is 5.01. The number of hydrogen-bond donors (Lipinski definition) is 3. The van der Waals surface area contributed by atoms with Crippen LogP contribution in [0.15, 0.2) is 48.5 Å². The third-order valence-electron chi connectivity index (χ3n) is 3.37. The lowest BCUT2D eigenvalue weighted by Crippen LogP contribution is -2.37. The molecule has 2 amide bonds. The molecule has 0 bridgehead atoms. The summed E-state index contributed by atoms with van der Waals surface area (Å²) < 4.78 is 5.76. The molecule has 2 aromatic rings. The Labute approximate surface area is 123 Å². The SMILES string of the molecule is Nc1ccc(NC(=O)NCC2Cc3ccccc3O2)cc1. The van der Waals surface area contributed by atoms with Crippen molar-refractivity contribution in [2.24, 2.45) is 0 Å². The summed E-state index contributed by atoms with van der Waals surface area (Å²) in [5.41, 5.74) is 8.15. The van der Waals surface area contributed by atoms with Gasteiger partial charge in [-0.25, -0.2) is 4.79 Å². The van der Waals surface area contributed by atoms with Gasteiger partial charge in [-0.3, -0.25) is 0 Å². The highest BCUT2D eigenvalue weighted by Crippen LogP contribution is 2.27. The summed E-state index contributed by atoms with van der Waals surface area (Å²) in [5.74, 6) is 0.906. The van der Waals surface area contributed by atoms with E-state index in [-0.39, 0.29) is 12.1 Å². The molecule has 21 heavy (non-hydrogen) atoms. The van der Waals surface area contributed by atoms with Crippen molar-refractivity contribution >= 4 is 17.4 Å². The standard InChI is InChI=1S/C16H17N3O2/c17-12-5-7-13(8-6-12)19-16(20)18-10-14-9-11-3-1-2-4-15(11)21-14/h1-8,14H,9-10,17H2,(H2,18,19,20). The van der Waals surface area contributed by atoms with Gasteiger partial charge < -0.3 is 21.1 Å². The predicted molar refractivity (Wildman–Crippen MR) is 82.4 cm³/mol. The molecule has 0 spiro atoms. The Morgan fingerprint density at radius 3 is 2.71 bits per heavy atom. The van der Waals surface area contributed by atoms with Crippen LogP contribution in [0, 0.1) is 0 Å². The number of nitrogens with one attached hydrogen (secondary N) is 2. The fourth-order valence-electron chi connectivity index (χ4n) is 2.32. The van der Waals surface area contributed by atoms with E-state index in [1.807, 2.05) is 24.3 Å². The van der Waals surface area contributed by atoms with Crippen molar-refractivity contribution in [1.82, 2.24) is 5.32 Å². The minimum absolute atomic E-state index is 0.0143. The molecule has 0 aromatic heterocycles. The zero-order chi connectivity index (χ0) is 14.7. The van der Waals surface area contributed by atoms with E-state index < -0.39 is 0 Å². The number of carbonyl (C=O) groups excluding carboxylic acids is 1. The summed E-state index contributed by atoms with van der Waals surface area (Å²) >= 11 is 0. The van der Waals surface area contributed by atoms with E-state index in [2.05, 4.69) is 10.6 Å². The molecular weight excluding hydrogens is 266 g/mol. The van der Waals surface area contributed by atoms with E-state index >= 15 is 0 Å². The number of hydrogen-bond acceptors (Lipinski definition) is 3. The number of urea groups is 1. The van der Waals surface area contributed by atoms with Crippen molar-refractivity contribution in [2.45, 2.75) is 12.5 Å². The van der Waals surface area contributed by atoms with Crippen molar-refractivity contribution in [3.8, 4) is 5.75 Å². The highest BCUT2D eigenvalue weighted by atomic mass is 16.5. The van der Waals surface area contributed by atoms with Crippen LogP contribution in [0.4, 0.5) is 16.2 Å². The number of nitrogens with two attached hydrogens (primary N) is 1. The Morgan fingerprint density at radius 1 is 1.19 bits per heavy atom. The number of anilines is 2. The largest absolute Gasteiger partial charge is 0.488 e. The van der Waals surface area contributed by atoms with Gasteiger partial charge in [0.1, 0.15) is 11.9 Å². The van der Waals surface area contributed by atoms with Gasteiger partial charge in [-0.2, -0.15) is 0 Å². The number of nitrogen functional groups attached to an aromatic ring is 1. The number of para-hydroxylation sites is 1. The Hall–Kier alpha value is -2.69. The molecule has 0 saturated carbocycles. The Bertz CT molecular complexity index is 615. The lowest BCUT2D eigenvalue weighted by Gasteiger charge is -2.12. The quantitative estimate of drug-likeness (QED) is 0.757. The molecule has 1 aliphatic heterocycles. The summed E-state index contributed by atoms with van der Waals surface area (Å²) in [5, 5.41) is 5.57. The van der Waals surface area contributed by atoms with Gasteiger partial charge in [0.05, 0.1) is 6.54 Å². The van der Waals surface area contributed by atoms with E-state index in [9.17, 15) is 4.79 Å². The highest BCUT2D eigenvalue weighted by Gasteiger charge is 2.22. The molecule has 5 nitrogen and oxygen atoms in total. The Kier molecular flexibility index (Phi) is 3.64. The third-order valence-corrected chi connectivity index (χ3v) is 3.37. The predicted octanol–water partition coefficient (Wildman–Crippen LogP) is 2.39. The highest BCUT2D eigenvalue weighted by molar-refractivity contribution is 5.89. The molecule has 3 rings (SSSR count). The van der Waals surface area contributed by atoms with Crippen LogP contribution < -0.4 is 21.1 Å². The minimum Gasteiger partial charge on any atom is -0.488 e. The number of fused-ring (bicyclic) bond motifs is 1. The number of ether oxygens (including phenoxy) is 1. The minimum atomic E-state index is -0.251. The number of benzene rings is 2. The number of amides is 2. The van der Waals surface area contributed by atoms with E-state index in [1.54, 1.807) is 24.3 Å². The van der Waals surface area contributed by atoms with Gasteiger partial charge >= 0.3 is 6.03 Å². The number of rotatable bonds is 3. The maximum atomic E-state index is 11.8. The van der Waals surface area contributed by atoms with E-state index in [4.69, 9.17) is 10.5 Å². The molecule has 108 valence electrons. The molecule has 1 heterocycles. The molecule has 1 unspecified atom stereocenters. The molecular formula is C16H17N3O2. The number of carbonyl (C=O) groups is 1. The van der Waals surface area contributed by atoms with Gasteiger partial charge in [0.15, 0.2) is 0 Å². The summed E-state index contributed by atoms with van der Waals surface area (Å²) in [7, 11) is 0. The second-order valence-corrected chi connectivity index (χ2v) is 5.01. The van der Waals surface area contributed by atoms with Crippen molar-refractivity contribution in [3.05, 3.63) is 54.1 Å². The van der Waals surface area contributed by atoms with Gasteiger partial charge in [-0.05, 0) is 35.9 Å². The van der Waals surface area contributed by atoms with Crippen LogP contribution in [0.1, 0.15) is 5.56 Å². The van der Waals surface area contributed by atoms with E-state index in [1.165, 1.54) is 5.56 Å². The van der Waals surface area contributed by atoms with Crippen LogP contribution in [0.3, 0.4) is 0 Å². The summed E-state index contributed by atoms with van der Waals surface area (Å²) in [6.07, 6.45) is 0.803. The molecule has 0 radical (unpaired) electrons. The first kappa shape index (κ1) is 13.3. The molecule has 5 heteroatoms. The average molecular weight is 283 g/mol. The monoisotopic (exact) mass is 283 g/mol. The zero-order valence-corrected chi connectivity index (χ0v) is 11.5. The topological polar surface area (TPSA) is 76.4 Å².